The largest absolute Gasteiger partial charge is 0.481 e. The number of carbonyl (C=O) groups is 1. The van der Waals surface area contributed by atoms with Crippen molar-refractivity contribution in [2.75, 3.05) is 0 Å². The summed E-state index contributed by atoms with van der Waals surface area (Å²) in [5.74, 6) is -0.225. The van der Waals surface area contributed by atoms with Crippen LogP contribution in [0.4, 0.5) is 0 Å². The summed E-state index contributed by atoms with van der Waals surface area (Å²) < 4.78 is 5.79. The highest BCUT2D eigenvalue weighted by Crippen LogP contribution is 2.43. The number of hydrogen-bond donors (Lipinski definition) is 1. The number of fused-ring (bicyclic) bond motifs is 1. The van der Waals surface area contributed by atoms with Gasteiger partial charge in [0.2, 0.25) is 0 Å². The van der Waals surface area contributed by atoms with E-state index < -0.39 is 5.97 Å². The average Bonchev–Trinajstić information content (AvgIpc) is 2.91. The molecule has 1 heterocycles. The van der Waals surface area contributed by atoms with E-state index in [1.165, 1.54) is 0 Å². The highest BCUT2D eigenvalue weighted by molar-refractivity contribution is 5.74. The van der Waals surface area contributed by atoms with Gasteiger partial charge in [-0.15, -0.1) is 0 Å². The van der Waals surface area contributed by atoms with Crippen LogP contribution < -0.4 is 0 Å². The molecule has 0 saturated heterocycles. The Morgan fingerprint density at radius 1 is 1.42 bits per heavy atom. The molecule has 3 unspecified atom stereocenters. The first-order chi connectivity index (χ1) is 9.04. The lowest BCUT2D eigenvalue weighted by molar-refractivity contribution is -0.142. The second-order valence-corrected chi connectivity index (χ2v) is 5.65. The van der Waals surface area contributed by atoms with E-state index in [0.717, 1.165) is 23.1 Å². The third kappa shape index (κ3) is 2.11. The van der Waals surface area contributed by atoms with Crippen LogP contribution in [0.15, 0.2) is 22.6 Å². The Morgan fingerprint density at radius 3 is 2.95 bits per heavy atom. The molecule has 3 atom stereocenters. The third-order valence-electron chi connectivity index (χ3n) is 3.99. The van der Waals surface area contributed by atoms with Crippen molar-refractivity contribution in [1.82, 2.24) is 4.98 Å². The zero-order valence-electron chi connectivity index (χ0n) is 11.1. The number of aryl methyl sites for hydroxylation is 1. The van der Waals surface area contributed by atoms with Gasteiger partial charge in [-0.25, -0.2) is 4.98 Å². The van der Waals surface area contributed by atoms with Gasteiger partial charge in [0, 0.05) is 5.92 Å². The molecule has 1 aliphatic rings. The number of benzene rings is 1. The first-order valence-electron chi connectivity index (χ1n) is 6.64. The Kier molecular flexibility index (Phi) is 2.81. The molecule has 3 rings (SSSR count). The Hall–Kier alpha value is -1.84. The van der Waals surface area contributed by atoms with E-state index in [1.807, 2.05) is 25.1 Å². The van der Waals surface area contributed by atoms with Crippen LogP contribution in [0.1, 0.15) is 37.1 Å². The van der Waals surface area contributed by atoms with E-state index in [2.05, 4.69) is 11.9 Å². The maximum absolute atomic E-state index is 11.3. The molecule has 1 aromatic heterocycles. The summed E-state index contributed by atoms with van der Waals surface area (Å²) in [5, 5.41) is 9.31. The zero-order chi connectivity index (χ0) is 13.6. The van der Waals surface area contributed by atoms with Crippen LogP contribution in [0.3, 0.4) is 0 Å². The fourth-order valence-electron chi connectivity index (χ4n) is 3.05. The van der Waals surface area contributed by atoms with Crippen LogP contribution in [-0.2, 0) is 4.79 Å². The van der Waals surface area contributed by atoms with Crippen LogP contribution in [0.5, 0.6) is 0 Å². The van der Waals surface area contributed by atoms with Gasteiger partial charge in [-0.2, -0.15) is 0 Å². The van der Waals surface area contributed by atoms with Gasteiger partial charge < -0.3 is 9.52 Å². The average molecular weight is 259 g/mol. The van der Waals surface area contributed by atoms with Crippen LogP contribution >= 0.6 is 0 Å². The standard InChI is InChI=1S/C15H17NO3/c1-8-3-4-12-13(7-8)19-14(16-12)10-5-9(2)6-11(10)15(17)18/h3-4,7,9-11H,5-6H2,1-2H3,(H,17,18). The van der Waals surface area contributed by atoms with E-state index in [-0.39, 0.29) is 11.8 Å². The highest BCUT2D eigenvalue weighted by atomic mass is 16.4. The summed E-state index contributed by atoms with van der Waals surface area (Å²) in [4.78, 5) is 15.8. The van der Waals surface area contributed by atoms with Gasteiger partial charge in [0.25, 0.3) is 0 Å². The first-order valence-corrected chi connectivity index (χ1v) is 6.64. The Labute approximate surface area is 111 Å². The highest BCUT2D eigenvalue weighted by Gasteiger charge is 2.40. The molecule has 100 valence electrons. The molecule has 1 aliphatic carbocycles. The number of hydrogen-bond acceptors (Lipinski definition) is 3. The van der Waals surface area contributed by atoms with Crippen molar-refractivity contribution in [3.63, 3.8) is 0 Å². The lowest BCUT2D eigenvalue weighted by Crippen LogP contribution is -2.17. The SMILES string of the molecule is Cc1ccc2nc(C3CC(C)CC3C(=O)O)oc2c1. The second kappa shape index (κ2) is 4.37. The maximum atomic E-state index is 11.3. The van der Waals surface area contributed by atoms with Crippen molar-refractivity contribution >= 4 is 17.1 Å². The molecule has 0 bridgehead atoms. The van der Waals surface area contributed by atoms with Crippen molar-refractivity contribution in [1.29, 1.82) is 0 Å². The molecule has 1 aromatic carbocycles. The minimum absolute atomic E-state index is 0.0970. The van der Waals surface area contributed by atoms with E-state index in [4.69, 9.17) is 4.42 Å². The van der Waals surface area contributed by atoms with Crippen LogP contribution in [0.25, 0.3) is 11.1 Å². The van der Waals surface area contributed by atoms with Gasteiger partial charge in [0.05, 0.1) is 5.92 Å². The molecule has 0 radical (unpaired) electrons. The van der Waals surface area contributed by atoms with Crippen LogP contribution in [0, 0.1) is 18.8 Å². The van der Waals surface area contributed by atoms with E-state index in [0.29, 0.717) is 18.2 Å². The van der Waals surface area contributed by atoms with Crippen LogP contribution in [-0.4, -0.2) is 16.1 Å². The molecule has 0 amide bonds. The van der Waals surface area contributed by atoms with Crippen LogP contribution in [0.2, 0.25) is 0 Å². The predicted molar refractivity (Wildman–Crippen MR) is 71.0 cm³/mol. The summed E-state index contributed by atoms with van der Waals surface area (Å²) in [6, 6.07) is 5.85. The topological polar surface area (TPSA) is 63.3 Å². The molecule has 0 aliphatic heterocycles. The summed E-state index contributed by atoms with van der Waals surface area (Å²) >= 11 is 0. The smallest absolute Gasteiger partial charge is 0.307 e. The monoisotopic (exact) mass is 259 g/mol. The Morgan fingerprint density at radius 2 is 2.21 bits per heavy atom. The lowest BCUT2D eigenvalue weighted by atomic mass is 9.96. The molecule has 19 heavy (non-hydrogen) atoms. The third-order valence-corrected chi connectivity index (χ3v) is 3.99. The molecule has 4 heteroatoms. The zero-order valence-corrected chi connectivity index (χ0v) is 11.1. The Balaban J connectivity index is 2.01. The van der Waals surface area contributed by atoms with E-state index in [1.54, 1.807) is 0 Å². The van der Waals surface area contributed by atoms with E-state index >= 15 is 0 Å². The molecule has 2 aromatic rings. The summed E-state index contributed by atoms with van der Waals surface area (Å²) in [6.07, 6.45) is 1.54. The summed E-state index contributed by atoms with van der Waals surface area (Å²) in [5.41, 5.74) is 2.67. The van der Waals surface area contributed by atoms with Crippen molar-refractivity contribution in [2.24, 2.45) is 11.8 Å². The quantitative estimate of drug-likeness (QED) is 0.898. The van der Waals surface area contributed by atoms with Crippen molar-refractivity contribution in [3.05, 3.63) is 29.7 Å². The van der Waals surface area contributed by atoms with Gasteiger partial charge in [-0.1, -0.05) is 13.0 Å². The van der Waals surface area contributed by atoms with Crippen molar-refractivity contribution < 1.29 is 14.3 Å². The maximum Gasteiger partial charge on any atom is 0.307 e. The van der Waals surface area contributed by atoms with E-state index in [9.17, 15) is 9.90 Å². The summed E-state index contributed by atoms with van der Waals surface area (Å²) in [6.45, 7) is 4.09. The number of aliphatic carboxylic acids is 1. The lowest BCUT2D eigenvalue weighted by Gasteiger charge is -2.10. The van der Waals surface area contributed by atoms with Crippen molar-refractivity contribution in [3.8, 4) is 0 Å². The number of carboxylic acid groups (broad SMARTS) is 1. The molecular weight excluding hydrogens is 242 g/mol. The minimum Gasteiger partial charge on any atom is -0.481 e. The number of carboxylic acids is 1. The summed E-state index contributed by atoms with van der Waals surface area (Å²) in [7, 11) is 0. The fraction of sp³-hybridized carbons (Fsp3) is 0.467. The predicted octanol–water partition coefficient (Wildman–Crippen LogP) is 3.35. The van der Waals surface area contributed by atoms with Gasteiger partial charge in [-0.05, 0) is 43.4 Å². The molecule has 1 N–H and O–H groups in total. The van der Waals surface area contributed by atoms with Gasteiger partial charge in [0.1, 0.15) is 5.52 Å². The second-order valence-electron chi connectivity index (χ2n) is 5.65. The normalized spacial score (nSPS) is 26.9. The van der Waals surface area contributed by atoms with Gasteiger partial charge >= 0.3 is 5.97 Å². The number of nitrogens with zero attached hydrogens (tertiary/aromatic N) is 1. The fourth-order valence-corrected chi connectivity index (χ4v) is 3.05. The first kappa shape index (κ1) is 12.2. The van der Waals surface area contributed by atoms with Gasteiger partial charge in [0.15, 0.2) is 11.5 Å². The molecule has 1 fully saturated rings. The molecular formula is C15H17NO3. The molecule has 0 spiro atoms. The number of rotatable bonds is 2. The molecule has 1 saturated carbocycles. The minimum atomic E-state index is -0.743. The van der Waals surface area contributed by atoms with Gasteiger partial charge in [-0.3, -0.25) is 4.79 Å². The number of oxazole rings is 1. The number of aromatic nitrogens is 1. The molecule has 4 nitrogen and oxygen atoms in total. The van der Waals surface area contributed by atoms with Crippen molar-refractivity contribution in [2.45, 2.75) is 32.6 Å². The Bertz CT molecular complexity index is 631.